The van der Waals surface area contributed by atoms with Gasteiger partial charge in [0.05, 0.1) is 14.2 Å². The molecule has 0 bridgehead atoms. The highest BCUT2D eigenvalue weighted by Gasteiger charge is 2.59. The maximum Gasteiger partial charge on any atom is 0.407 e. The highest BCUT2D eigenvalue weighted by atomic mass is 16.6. The summed E-state index contributed by atoms with van der Waals surface area (Å²) in [6, 6.07) is 6.96. The van der Waals surface area contributed by atoms with E-state index in [1.165, 1.54) is 14.2 Å². The molecule has 0 aliphatic heterocycles. The maximum atomic E-state index is 13.2. The van der Waals surface area contributed by atoms with Crippen LogP contribution in [0.2, 0.25) is 0 Å². The fourth-order valence-electron chi connectivity index (χ4n) is 4.35. The van der Waals surface area contributed by atoms with Gasteiger partial charge in [-0.15, -0.1) is 0 Å². The molecule has 0 heterocycles. The Hall–Kier alpha value is -2.61. The zero-order chi connectivity index (χ0) is 23.2. The zero-order valence-corrected chi connectivity index (χ0v) is 19.2. The Kier molecular flexibility index (Phi) is 8.06. The van der Waals surface area contributed by atoms with Crippen molar-refractivity contribution in [1.29, 1.82) is 0 Å². The highest BCUT2D eigenvalue weighted by Crippen LogP contribution is 2.49. The molecule has 0 saturated heterocycles. The number of hydrogen-bond acceptors (Lipinski definition) is 7. The van der Waals surface area contributed by atoms with E-state index in [0.717, 1.165) is 11.1 Å². The first-order chi connectivity index (χ1) is 14.6. The van der Waals surface area contributed by atoms with Crippen LogP contribution in [0, 0.1) is 5.41 Å². The second-order valence-electron chi connectivity index (χ2n) is 8.68. The maximum absolute atomic E-state index is 13.2. The molecular weight excluding hydrogens is 402 g/mol. The Morgan fingerprint density at radius 1 is 1.03 bits per heavy atom. The van der Waals surface area contributed by atoms with Gasteiger partial charge in [0.1, 0.15) is 5.60 Å². The summed E-state index contributed by atoms with van der Waals surface area (Å²) in [5, 5.41) is 2.88. The number of hydrogen-bond donors (Lipinski definition) is 1. The molecule has 1 aromatic carbocycles. The van der Waals surface area contributed by atoms with Crippen molar-refractivity contribution in [3.05, 3.63) is 35.4 Å². The number of carbonyl (C=O) groups is 3. The van der Waals surface area contributed by atoms with Crippen molar-refractivity contribution in [2.24, 2.45) is 5.41 Å². The molecule has 8 nitrogen and oxygen atoms in total. The third kappa shape index (κ3) is 5.36. The molecule has 1 aromatic rings. The normalized spacial score (nSPS) is 18.1. The summed E-state index contributed by atoms with van der Waals surface area (Å²) in [5.41, 5.74) is -0.589. The first-order valence-corrected chi connectivity index (χ1v) is 10.3. The number of nitrogens with one attached hydrogen (secondary N) is 1. The van der Waals surface area contributed by atoms with Crippen molar-refractivity contribution in [3.8, 4) is 0 Å². The summed E-state index contributed by atoms with van der Waals surface area (Å²) in [6.45, 7) is 5.66. The molecule has 1 amide bonds. The quantitative estimate of drug-likeness (QED) is 0.290. The van der Waals surface area contributed by atoms with Gasteiger partial charge in [0, 0.05) is 25.7 Å². The highest BCUT2D eigenvalue weighted by molar-refractivity contribution is 6.01. The predicted octanol–water partition coefficient (Wildman–Crippen LogP) is 2.98. The van der Waals surface area contributed by atoms with E-state index < -0.39 is 41.0 Å². The molecule has 2 atom stereocenters. The number of fused-ring (bicyclic) bond motifs is 1. The van der Waals surface area contributed by atoms with Gasteiger partial charge in [0.25, 0.3) is 0 Å². The fourth-order valence-corrected chi connectivity index (χ4v) is 4.35. The Labute approximate surface area is 183 Å². The molecule has 1 aliphatic carbocycles. The van der Waals surface area contributed by atoms with Crippen LogP contribution in [0.3, 0.4) is 0 Å². The van der Waals surface area contributed by atoms with E-state index in [4.69, 9.17) is 18.9 Å². The van der Waals surface area contributed by atoms with Crippen LogP contribution in [0.25, 0.3) is 0 Å². The van der Waals surface area contributed by atoms with Crippen molar-refractivity contribution in [2.45, 2.75) is 57.6 Å². The van der Waals surface area contributed by atoms with Gasteiger partial charge in [-0.1, -0.05) is 24.3 Å². The molecule has 1 aliphatic rings. The van der Waals surface area contributed by atoms with Crippen LogP contribution in [0.1, 0.15) is 50.7 Å². The van der Waals surface area contributed by atoms with Gasteiger partial charge >= 0.3 is 18.0 Å². The van der Waals surface area contributed by atoms with Gasteiger partial charge in [-0.3, -0.25) is 9.59 Å². The van der Waals surface area contributed by atoms with Crippen LogP contribution >= 0.6 is 0 Å². The molecule has 0 radical (unpaired) electrons. The van der Waals surface area contributed by atoms with Gasteiger partial charge in [-0.2, -0.15) is 0 Å². The summed E-state index contributed by atoms with van der Waals surface area (Å²) < 4.78 is 20.8. The van der Waals surface area contributed by atoms with E-state index in [2.05, 4.69) is 5.32 Å². The second kappa shape index (κ2) is 10.1. The Morgan fingerprint density at radius 2 is 1.65 bits per heavy atom. The smallest absolute Gasteiger partial charge is 0.407 e. The molecule has 1 unspecified atom stereocenters. The summed E-state index contributed by atoms with van der Waals surface area (Å²) in [7, 11) is 4.04. The number of alkyl carbamates (subject to hydrolysis) is 1. The van der Waals surface area contributed by atoms with E-state index in [-0.39, 0.29) is 6.42 Å². The summed E-state index contributed by atoms with van der Waals surface area (Å²) in [4.78, 5) is 38.9. The van der Waals surface area contributed by atoms with Crippen LogP contribution in [-0.2, 0) is 35.0 Å². The third-order valence-corrected chi connectivity index (χ3v) is 5.48. The van der Waals surface area contributed by atoms with Crippen molar-refractivity contribution >= 4 is 18.0 Å². The number of esters is 2. The van der Waals surface area contributed by atoms with E-state index in [1.54, 1.807) is 27.9 Å². The fraction of sp³-hybridized carbons (Fsp3) is 0.609. The lowest BCUT2D eigenvalue weighted by Gasteiger charge is -2.37. The summed E-state index contributed by atoms with van der Waals surface area (Å²) in [5.74, 6) is -2.09. The molecule has 2 rings (SSSR count). The van der Waals surface area contributed by atoms with E-state index >= 15 is 0 Å². The van der Waals surface area contributed by atoms with Crippen LogP contribution < -0.4 is 5.32 Å². The van der Waals surface area contributed by atoms with Crippen molar-refractivity contribution in [2.75, 3.05) is 27.9 Å². The van der Waals surface area contributed by atoms with Gasteiger partial charge in [0.2, 0.25) is 0 Å². The van der Waals surface area contributed by atoms with Crippen LogP contribution in [0.4, 0.5) is 4.79 Å². The van der Waals surface area contributed by atoms with E-state index in [1.807, 2.05) is 24.3 Å². The van der Waals surface area contributed by atoms with E-state index in [0.29, 0.717) is 19.4 Å². The number of benzene rings is 1. The van der Waals surface area contributed by atoms with Crippen LogP contribution in [0.15, 0.2) is 24.3 Å². The standard InChI is InChI=1S/C23H33NO7/c1-22(2,3)31-21(27)24-17-14-15-10-7-8-11-16(15)18(17)23(19(25)29-5,20(26)30-6)12-9-13-28-4/h7-8,10-11,17-18H,9,12-14H2,1-6H3,(H,24,27)/t17?,18-/m1/s1. The van der Waals surface area contributed by atoms with Gasteiger partial charge in [-0.05, 0) is 51.2 Å². The largest absolute Gasteiger partial charge is 0.468 e. The monoisotopic (exact) mass is 435 g/mol. The topological polar surface area (TPSA) is 100 Å². The first-order valence-electron chi connectivity index (χ1n) is 10.3. The minimum absolute atomic E-state index is 0.145. The Bertz CT molecular complexity index is 783. The number of rotatable bonds is 8. The third-order valence-electron chi connectivity index (χ3n) is 5.48. The SMILES string of the molecule is COCCCC(C(=O)OC)(C(=O)OC)[C@@H]1c2ccccc2CC1NC(=O)OC(C)(C)C. The second-order valence-corrected chi connectivity index (χ2v) is 8.68. The number of methoxy groups -OCH3 is 3. The van der Waals surface area contributed by atoms with Gasteiger partial charge in [-0.25, -0.2) is 4.79 Å². The van der Waals surface area contributed by atoms with Gasteiger partial charge < -0.3 is 24.3 Å². The van der Waals surface area contributed by atoms with Gasteiger partial charge in [0.15, 0.2) is 5.41 Å². The van der Waals surface area contributed by atoms with Crippen molar-refractivity contribution in [1.82, 2.24) is 5.32 Å². The molecular formula is C23H33NO7. The average Bonchev–Trinajstić information content (AvgIpc) is 3.06. The Balaban J connectivity index is 2.56. The lowest BCUT2D eigenvalue weighted by Crippen LogP contribution is -2.53. The zero-order valence-electron chi connectivity index (χ0n) is 19.2. The van der Waals surface area contributed by atoms with Crippen molar-refractivity contribution in [3.63, 3.8) is 0 Å². The molecule has 31 heavy (non-hydrogen) atoms. The molecule has 0 aromatic heterocycles. The molecule has 1 N–H and O–H groups in total. The summed E-state index contributed by atoms with van der Waals surface area (Å²) >= 11 is 0. The number of carbonyl (C=O) groups excluding carboxylic acids is 3. The molecule has 8 heteroatoms. The molecule has 0 spiro atoms. The average molecular weight is 436 g/mol. The predicted molar refractivity (Wildman–Crippen MR) is 114 cm³/mol. The lowest BCUT2D eigenvalue weighted by atomic mass is 9.67. The minimum Gasteiger partial charge on any atom is -0.468 e. The lowest BCUT2D eigenvalue weighted by molar-refractivity contribution is -0.173. The minimum atomic E-state index is -1.64. The van der Waals surface area contributed by atoms with Crippen LogP contribution in [-0.4, -0.2) is 57.6 Å². The van der Waals surface area contributed by atoms with E-state index in [9.17, 15) is 14.4 Å². The van der Waals surface area contributed by atoms with Crippen molar-refractivity contribution < 1.29 is 33.3 Å². The summed E-state index contributed by atoms with van der Waals surface area (Å²) in [6.07, 6.45) is 0.403. The molecule has 172 valence electrons. The molecule has 0 fully saturated rings. The Morgan fingerprint density at radius 3 is 2.19 bits per heavy atom. The number of amides is 1. The first kappa shape index (κ1) is 24.7. The number of ether oxygens (including phenoxy) is 4. The molecule has 0 saturated carbocycles. The van der Waals surface area contributed by atoms with Crippen LogP contribution in [0.5, 0.6) is 0 Å².